The van der Waals surface area contributed by atoms with Gasteiger partial charge in [-0.25, -0.2) is 9.59 Å². The number of H-pyrrole nitrogens is 1. The van der Waals surface area contributed by atoms with Crippen LogP contribution in [-0.4, -0.2) is 93.5 Å². The summed E-state index contributed by atoms with van der Waals surface area (Å²) in [6.45, 7) is 19.1. The van der Waals surface area contributed by atoms with Gasteiger partial charge in [-0.2, -0.15) is 0 Å². The maximum Gasteiger partial charge on any atom is 0.408 e. The van der Waals surface area contributed by atoms with E-state index in [9.17, 15) is 38.7 Å². The van der Waals surface area contributed by atoms with E-state index in [2.05, 4.69) is 36.9 Å². The number of fused-ring (bicyclic) bond motifs is 1. The van der Waals surface area contributed by atoms with Gasteiger partial charge in [0.15, 0.2) is 0 Å². The minimum atomic E-state index is -1.28. The van der Waals surface area contributed by atoms with Crippen LogP contribution in [0.5, 0.6) is 0 Å². The molecular weight excluding hydrogens is 722 g/mol. The Morgan fingerprint density at radius 3 is 1.45 bits per heavy atom. The summed E-state index contributed by atoms with van der Waals surface area (Å²) in [5.74, 6) is -4.63. The van der Waals surface area contributed by atoms with Crippen molar-refractivity contribution >= 4 is 52.5 Å². The van der Waals surface area contributed by atoms with Crippen LogP contribution in [0.2, 0.25) is 0 Å². The zero-order valence-electron chi connectivity index (χ0n) is 34.6. The number of para-hydroxylation sites is 1. The van der Waals surface area contributed by atoms with Gasteiger partial charge in [0.05, 0.1) is 0 Å². The number of hydrogen-bond acceptors (Lipinski definition) is 8. The van der Waals surface area contributed by atoms with Gasteiger partial charge in [0.2, 0.25) is 29.5 Å². The number of amides is 6. The Morgan fingerprint density at radius 2 is 1.02 bits per heavy atom. The number of carbonyl (C=O) groups excluding carboxylic acids is 6. The van der Waals surface area contributed by atoms with Gasteiger partial charge in [0.25, 0.3) is 0 Å². The number of carboxylic acid groups (broad SMARTS) is 1. The maximum absolute atomic E-state index is 13.5. The summed E-state index contributed by atoms with van der Waals surface area (Å²) in [6, 6.07) is 0.710. The predicted molar refractivity (Wildman–Crippen MR) is 212 cm³/mol. The fourth-order valence-corrected chi connectivity index (χ4v) is 5.90. The van der Waals surface area contributed by atoms with Crippen molar-refractivity contribution in [1.29, 1.82) is 0 Å². The highest BCUT2D eigenvalue weighted by molar-refractivity contribution is 5.96. The van der Waals surface area contributed by atoms with Crippen LogP contribution in [0.15, 0.2) is 30.5 Å². The van der Waals surface area contributed by atoms with Gasteiger partial charge < -0.3 is 46.7 Å². The highest BCUT2D eigenvalue weighted by Gasteiger charge is 2.32. The van der Waals surface area contributed by atoms with Crippen molar-refractivity contribution in [2.75, 3.05) is 0 Å². The molecule has 2 aromatic rings. The lowest BCUT2D eigenvalue weighted by Crippen LogP contribution is -2.59. The number of aliphatic carboxylic acids is 1. The molecule has 0 aliphatic rings. The highest BCUT2D eigenvalue weighted by Crippen LogP contribution is 2.19. The van der Waals surface area contributed by atoms with E-state index < -0.39 is 83.5 Å². The van der Waals surface area contributed by atoms with Crippen molar-refractivity contribution in [1.82, 2.24) is 36.9 Å². The molecule has 6 unspecified atom stereocenters. The van der Waals surface area contributed by atoms with Gasteiger partial charge in [0, 0.05) is 23.5 Å². The molecular formula is C40H63N7O9. The molecule has 0 bridgehead atoms. The normalized spacial score (nSPS) is 14.9. The first kappa shape index (κ1) is 47.0. The zero-order valence-corrected chi connectivity index (χ0v) is 34.6. The average Bonchev–Trinajstić information content (AvgIpc) is 3.47. The van der Waals surface area contributed by atoms with E-state index in [1.165, 1.54) is 13.8 Å². The van der Waals surface area contributed by atoms with Crippen LogP contribution >= 0.6 is 0 Å². The van der Waals surface area contributed by atoms with Gasteiger partial charge in [-0.05, 0) is 83.3 Å². The fraction of sp³-hybridized carbons (Fsp3) is 0.625. The third-order valence-electron chi connectivity index (χ3n) is 8.61. The third-order valence-corrected chi connectivity index (χ3v) is 8.61. The van der Waals surface area contributed by atoms with E-state index in [0.29, 0.717) is 5.56 Å². The Balaban J connectivity index is 2.10. The van der Waals surface area contributed by atoms with Crippen molar-refractivity contribution < 1.29 is 43.4 Å². The maximum atomic E-state index is 13.5. The summed E-state index contributed by atoms with van der Waals surface area (Å²) < 4.78 is 5.29. The zero-order chi connectivity index (χ0) is 42.5. The molecule has 16 nitrogen and oxygen atoms in total. The summed E-state index contributed by atoms with van der Waals surface area (Å²) in [4.78, 5) is 94.6. The standard InChI is InChI=1S/C40H63N7O9/c1-21(2)16-29(44-33(48)25(8)43-36(51)31(18-23(5)6)47-39(55)56-40(9,10)11)35(50)42-24(7)34(49)45-30(17-22(3)4)37(52)46-32(38(53)54)19-26-20-41-28-15-13-12-14-27(26)28/h12-15,20-25,29-32,41H,16-19H2,1-11H3,(H,42,50)(H,43,51)(H,44,48)(H,45,49)(H,46,52)(H,47,55)(H,53,54). The summed E-state index contributed by atoms with van der Waals surface area (Å²) in [6.07, 6.45) is 1.61. The smallest absolute Gasteiger partial charge is 0.408 e. The predicted octanol–water partition coefficient (Wildman–Crippen LogP) is 3.29. The van der Waals surface area contributed by atoms with E-state index >= 15 is 0 Å². The van der Waals surface area contributed by atoms with Crippen molar-refractivity contribution in [3.8, 4) is 0 Å². The molecule has 1 aromatic heterocycles. The lowest BCUT2D eigenvalue weighted by molar-refractivity contribution is -0.142. The van der Waals surface area contributed by atoms with Gasteiger partial charge in [-0.15, -0.1) is 0 Å². The first-order valence-electron chi connectivity index (χ1n) is 19.3. The summed E-state index contributed by atoms with van der Waals surface area (Å²) in [5, 5.41) is 26.5. The number of carboxylic acids is 1. The minimum Gasteiger partial charge on any atom is -0.480 e. The summed E-state index contributed by atoms with van der Waals surface area (Å²) in [7, 11) is 0. The largest absolute Gasteiger partial charge is 0.480 e. The molecule has 0 saturated heterocycles. The number of aromatic amines is 1. The lowest BCUT2D eigenvalue weighted by Gasteiger charge is -2.27. The Labute approximate surface area is 329 Å². The molecule has 56 heavy (non-hydrogen) atoms. The van der Waals surface area contributed by atoms with E-state index in [1.807, 2.05) is 65.8 Å². The quantitative estimate of drug-likeness (QED) is 0.0982. The van der Waals surface area contributed by atoms with Crippen LogP contribution in [0, 0.1) is 17.8 Å². The van der Waals surface area contributed by atoms with Crippen molar-refractivity contribution in [2.45, 2.75) is 144 Å². The number of nitrogens with one attached hydrogen (secondary N) is 7. The molecule has 8 N–H and O–H groups in total. The lowest BCUT2D eigenvalue weighted by atomic mass is 10.0. The van der Waals surface area contributed by atoms with Gasteiger partial charge >= 0.3 is 12.1 Å². The van der Waals surface area contributed by atoms with Crippen LogP contribution in [-0.2, 0) is 39.9 Å². The Morgan fingerprint density at radius 1 is 0.607 bits per heavy atom. The van der Waals surface area contributed by atoms with Crippen molar-refractivity contribution in [2.24, 2.45) is 17.8 Å². The second-order valence-corrected chi connectivity index (χ2v) is 16.6. The Kier molecular flexibility index (Phi) is 17.8. The highest BCUT2D eigenvalue weighted by atomic mass is 16.6. The molecule has 6 amide bonds. The topological polar surface area (TPSA) is 237 Å². The van der Waals surface area contributed by atoms with Crippen molar-refractivity contribution in [3.63, 3.8) is 0 Å². The second-order valence-electron chi connectivity index (χ2n) is 16.6. The van der Waals surface area contributed by atoms with E-state index in [1.54, 1.807) is 27.0 Å². The van der Waals surface area contributed by atoms with E-state index in [0.717, 1.165) is 10.9 Å². The third kappa shape index (κ3) is 15.9. The second kappa shape index (κ2) is 21.2. The molecule has 1 aromatic carbocycles. The molecule has 0 aliphatic heterocycles. The number of benzene rings is 1. The SMILES string of the molecule is CC(C)CC(NC(=O)OC(C)(C)C)C(=O)NC(C)C(=O)NC(CC(C)C)C(=O)NC(C)C(=O)NC(CC(C)C)C(=O)NC(Cc1c[nH]c2ccccc12)C(=O)O. The molecule has 1 heterocycles. The van der Waals surface area contributed by atoms with Gasteiger partial charge in [-0.3, -0.25) is 24.0 Å². The molecule has 0 saturated carbocycles. The van der Waals surface area contributed by atoms with Gasteiger partial charge in [-0.1, -0.05) is 59.7 Å². The van der Waals surface area contributed by atoms with E-state index in [-0.39, 0.29) is 43.4 Å². The van der Waals surface area contributed by atoms with E-state index in [4.69, 9.17) is 4.74 Å². The van der Waals surface area contributed by atoms with Crippen LogP contribution in [0.3, 0.4) is 0 Å². The Hall–Kier alpha value is -5.15. The Bertz CT molecular complexity index is 1680. The molecule has 0 fully saturated rings. The molecule has 312 valence electrons. The molecule has 2 rings (SSSR count). The molecule has 6 atom stereocenters. The first-order chi connectivity index (χ1) is 26.0. The molecule has 0 radical (unpaired) electrons. The number of rotatable bonds is 20. The number of alkyl carbamates (subject to hydrolysis) is 1. The molecule has 0 spiro atoms. The number of carbonyl (C=O) groups is 7. The summed E-state index contributed by atoms with van der Waals surface area (Å²) in [5.41, 5.74) is 0.755. The fourth-order valence-electron chi connectivity index (χ4n) is 5.90. The summed E-state index contributed by atoms with van der Waals surface area (Å²) >= 11 is 0. The van der Waals surface area contributed by atoms with Crippen LogP contribution in [0.1, 0.15) is 101 Å². The van der Waals surface area contributed by atoms with Gasteiger partial charge in [0.1, 0.15) is 41.9 Å². The van der Waals surface area contributed by atoms with Crippen LogP contribution in [0.4, 0.5) is 4.79 Å². The number of ether oxygens (including phenoxy) is 1. The molecule has 16 heteroatoms. The monoisotopic (exact) mass is 785 g/mol. The number of hydrogen-bond donors (Lipinski definition) is 8. The van der Waals surface area contributed by atoms with Crippen LogP contribution < -0.4 is 31.9 Å². The minimum absolute atomic E-state index is 0.00659. The number of aromatic nitrogens is 1. The molecule has 0 aliphatic carbocycles. The first-order valence-corrected chi connectivity index (χ1v) is 19.3. The van der Waals surface area contributed by atoms with Crippen LogP contribution in [0.25, 0.3) is 10.9 Å². The average molecular weight is 786 g/mol. The van der Waals surface area contributed by atoms with Crippen molar-refractivity contribution in [3.05, 3.63) is 36.0 Å².